The molecule has 98 valence electrons. The fraction of sp³-hybridized carbons (Fsp3) is 0.533. The fourth-order valence-corrected chi connectivity index (χ4v) is 2.64. The number of likely N-dealkylation sites (tertiary alicyclic amines) is 1. The van der Waals surface area contributed by atoms with Crippen LogP contribution in [0, 0.1) is 6.92 Å². The zero-order chi connectivity index (χ0) is 13.1. The van der Waals surface area contributed by atoms with Gasteiger partial charge in [-0.3, -0.25) is 4.79 Å². The van der Waals surface area contributed by atoms with Crippen LogP contribution in [-0.2, 0) is 4.79 Å². The molecule has 3 nitrogen and oxygen atoms in total. The average Bonchev–Trinajstić information content (AvgIpc) is 2.72. The second-order valence-corrected chi connectivity index (χ2v) is 5.16. The van der Waals surface area contributed by atoms with E-state index in [1.54, 1.807) is 12.2 Å². The number of piperidine rings is 1. The predicted molar refractivity (Wildman–Crippen MR) is 72.1 cm³/mol. The summed E-state index contributed by atoms with van der Waals surface area (Å²) in [4.78, 5) is 14.2. The Hall–Kier alpha value is -1.51. The Morgan fingerprint density at radius 2 is 2.00 bits per heavy atom. The van der Waals surface area contributed by atoms with E-state index in [4.69, 9.17) is 4.42 Å². The molecule has 18 heavy (non-hydrogen) atoms. The Kier molecular flexibility index (Phi) is 3.90. The largest absolute Gasteiger partial charge is 0.462 e. The molecule has 0 bridgehead atoms. The molecule has 1 aliphatic rings. The maximum atomic E-state index is 12.2. The van der Waals surface area contributed by atoms with Gasteiger partial charge < -0.3 is 9.32 Å². The second-order valence-electron chi connectivity index (χ2n) is 5.16. The first-order valence-electron chi connectivity index (χ1n) is 6.64. The van der Waals surface area contributed by atoms with E-state index in [0.29, 0.717) is 12.1 Å². The highest BCUT2D eigenvalue weighted by molar-refractivity contribution is 5.91. The standard InChI is InChI=1S/C15H21NO2/c1-11-5-4-6-12(2)16(11)15(17)10-9-14-8-7-13(3)18-14/h7-12H,4-6H2,1-3H3/b10-9+/t11-,12+. The maximum absolute atomic E-state index is 12.2. The molecule has 3 heteroatoms. The minimum Gasteiger partial charge on any atom is -0.462 e. The van der Waals surface area contributed by atoms with Crippen molar-refractivity contribution in [3.05, 3.63) is 29.7 Å². The van der Waals surface area contributed by atoms with Crippen molar-refractivity contribution in [2.75, 3.05) is 0 Å². The molecule has 2 atom stereocenters. The Labute approximate surface area is 108 Å². The lowest BCUT2D eigenvalue weighted by Crippen LogP contribution is -2.46. The van der Waals surface area contributed by atoms with Crippen LogP contribution in [0.4, 0.5) is 0 Å². The molecule has 0 spiro atoms. The van der Waals surface area contributed by atoms with Crippen LogP contribution >= 0.6 is 0 Å². The molecule has 2 rings (SSSR count). The number of furan rings is 1. The van der Waals surface area contributed by atoms with Crippen molar-refractivity contribution < 1.29 is 9.21 Å². The van der Waals surface area contributed by atoms with Crippen LogP contribution in [0.15, 0.2) is 22.6 Å². The SMILES string of the molecule is Cc1ccc(/C=C/C(=O)N2[C@H](C)CCC[C@@H]2C)o1. The van der Waals surface area contributed by atoms with Crippen molar-refractivity contribution in [1.29, 1.82) is 0 Å². The van der Waals surface area contributed by atoms with Gasteiger partial charge in [0, 0.05) is 18.2 Å². The topological polar surface area (TPSA) is 33.5 Å². The Morgan fingerprint density at radius 3 is 2.56 bits per heavy atom. The van der Waals surface area contributed by atoms with Gasteiger partial charge in [-0.25, -0.2) is 0 Å². The summed E-state index contributed by atoms with van der Waals surface area (Å²) in [5, 5.41) is 0. The highest BCUT2D eigenvalue weighted by atomic mass is 16.3. The molecular weight excluding hydrogens is 226 g/mol. The van der Waals surface area contributed by atoms with Gasteiger partial charge in [-0.05, 0) is 58.2 Å². The number of hydrogen-bond donors (Lipinski definition) is 0. The van der Waals surface area contributed by atoms with Crippen molar-refractivity contribution in [3.8, 4) is 0 Å². The summed E-state index contributed by atoms with van der Waals surface area (Å²) in [6.07, 6.45) is 6.79. The van der Waals surface area contributed by atoms with Gasteiger partial charge in [0.25, 0.3) is 0 Å². The molecule has 1 aromatic heterocycles. The molecule has 1 aromatic rings. The smallest absolute Gasteiger partial charge is 0.247 e. The third-order valence-corrected chi connectivity index (χ3v) is 3.60. The summed E-state index contributed by atoms with van der Waals surface area (Å²) >= 11 is 0. The third-order valence-electron chi connectivity index (χ3n) is 3.60. The Balaban J connectivity index is 2.04. The van der Waals surface area contributed by atoms with Crippen LogP contribution in [0.3, 0.4) is 0 Å². The Bertz CT molecular complexity index is 437. The maximum Gasteiger partial charge on any atom is 0.247 e. The number of carbonyl (C=O) groups is 1. The number of nitrogens with zero attached hydrogens (tertiary/aromatic N) is 1. The van der Waals surface area contributed by atoms with Crippen molar-refractivity contribution in [2.45, 2.75) is 52.1 Å². The molecule has 0 N–H and O–H groups in total. The lowest BCUT2D eigenvalue weighted by atomic mass is 9.97. The zero-order valence-corrected chi connectivity index (χ0v) is 11.3. The summed E-state index contributed by atoms with van der Waals surface area (Å²) in [5.74, 6) is 1.68. The van der Waals surface area contributed by atoms with Gasteiger partial charge in [0.1, 0.15) is 11.5 Å². The monoisotopic (exact) mass is 247 g/mol. The minimum atomic E-state index is 0.0868. The summed E-state index contributed by atoms with van der Waals surface area (Å²) < 4.78 is 5.42. The van der Waals surface area contributed by atoms with Crippen molar-refractivity contribution in [1.82, 2.24) is 4.90 Å². The number of rotatable bonds is 2. The van der Waals surface area contributed by atoms with Gasteiger partial charge in [-0.15, -0.1) is 0 Å². The van der Waals surface area contributed by atoms with Crippen LogP contribution in [-0.4, -0.2) is 22.9 Å². The van der Waals surface area contributed by atoms with Gasteiger partial charge in [-0.1, -0.05) is 0 Å². The summed E-state index contributed by atoms with van der Waals surface area (Å²) in [6, 6.07) is 4.45. The first-order valence-corrected chi connectivity index (χ1v) is 6.64. The Morgan fingerprint density at radius 1 is 1.33 bits per heavy atom. The highest BCUT2D eigenvalue weighted by Gasteiger charge is 2.27. The summed E-state index contributed by atoms with van der Waals surface area (Å²) in [7, 11) is 0. The van der Waals surface area contributed by atoms with Crippen LogP contribution in [0.1, 0.15) is 44.6 Å². The predicted octanol–water partition coefficient (Wildman–Crippen LogP) is 3.39. The first-order chi connectivity index (χ1) is 8.58. The highest BCUT2D eigenvalue weighted by Crippen LogP contribution is 2.23. The molecule has 2 heterocycles. The molecule has 1 fully saturated rings. The van der Waals surface area contributed by atoms with E-state index in [0.717, 1.165) is 24.4 Å². The summed E-state index contributed by atoms with van der Waals surface area (Å²) in [6.45, 7) is 6.14. The lowest BCUT2D eigenvalue weighted by molar-refractivity contribution is -0.131. The van der Waals surface area contributed by atoms with Crippen LogP contribution in [0.2, 0.25) is 0 Å². The van der Waals surface area contributed by atoms with Crippen molar-refractivity contribution in [2.24, 2.45) is 0 Å². The van der Waals surface area contributed by atoms with Gasteiger partial charge >= 0.3 is 0 Å². The average molecular weight is 247 g/mol. The number of hydrogen-bond acceptors (Lipinski definition) is 2. The van der Waals surface area contributed by atoms with Crippen LogP contribution in [0.5, 0.6) is 0 Å². The zero-order valence-electron chi connectivity index (χ0n) is 11.3. The molecule has 0 aromatic carbocycles. The number of carbonyl (C=O) groups excluding carboxylic acids is 1. The molecular formula is C15H21NO2. The van der Waals surface area contributed by atoms with E-state index in [1.807, 2.05) is 24.0 Å². The van der Waals surface area contributed by atoms with Gasteiger partial charge in [-0.2, -0.15) is 0 Å². The van der Waals surface area contributed by atoms with E-state index in [1.165, 1.54) is 6.42 Å². The quantitative estimate of drug-likeness (QED) is 0.750. The molecule has 0 aliphatic carbocycles. The van der Waals surface area contributed by atoms with Gasteiger partial charge in [0.05, 0.1) is 0 Å². The molecule has 0 saturated carbocycles. The van der Waals surface area contributed by atoms with Crippen molar-refractivity contribution >= 4 is 12.0 Å². The van der Waals surface area contributed by atoms with E-state index >= 15 is 0 Å². The van der Waals surface area contributed by atoms with E-state index in [2.05, 4.69) is 13.8 Å². The van der Waals surface area contributed by atoms with Crippen LogP contribution in [0.25, 0.3) is 6.08 Å². The lowest BCUT2D eigenvalue weighted by Gasteiger charge is -2.38. The fourth-order valence-electron chi connectivity index (χ4n) is 2.64. The van der Waals surface area contributed by atoms with E-state index < -0.39 is 0 Å². The third kappa shape index (κ3) is 2.84. The normalized spacial score (nSPS) is 24.7. The molecule has 1 saturated heterocycles. The summed E-state index contributed by atoms with van der Waals surface area (Å²) in [5.41, 5.74) is 0. The molecule has 0 radical (unpaired) electrons. The first kappa shape index (κ1) is 12.9. The molecule has 1 amide bonds. The minimum absolute atomic E-state index is 0.0868. The molecule has 0 unspecified atom stereocenters. The van der Waals surface area contributed by atoms with Gasteiger partial charge in [0.15, 0.2) is 0 Å². The van der Waals surface area contributed by atoms with E-state index in [9.17, 15) is 4.79 Å². The number of aryl methyl sites for hydroxylation is 1. The second kappa shape index (κ2) is 5.42. The number of amides is 1. The molecule has 1 aliphatic heterocycles. The van der Waals surface area contributed by atoms with Gasteiger partial charge in [0.2, 0.25) is 5.91 Å². The van der Waals surface area contributed by atoms with Crippen LogP contribution < -0.4 is 0 Å². The van der Waals surface area contributed by atoms with E-state index in [-0.39, 0.29) is 5.91 Å². The van der Waals surface area contributed by atoms with Crippen molar-refractivity contribution in [3.63, 3.8) is 0 Å².